The van der Waals surface area contributed by atoms with Crippen LogP contribution >= 0.6 is 0 Å². The molecule has 0 radical (unpaired) electrons. The number of hydrogen-bond donors (Lipinski definition) is 3. The fraction of sp³-hybridized carbons (Fsp3) is 0.650. The Kier molecular flexibility index (Phi) is 5.85. The Bertz CT molecular complexity index is 609. The number of hydrogen-bond acceptors (Lipinski definition) is 3. The van der Waals surface area contributed by atoms with Crippen molar-refractivity contribution in [1.29, 1.82) is 0 Å². The van der Waals surface area contributed by atoms with Gasteiger partial charge in [-0.25, -0.2) is 0 Å². The second-order valence-corrected chi connectivity index (χ2v) is 8.11. The van der Waals surface area contributed by atoms with E-state index in [1.54, 1.807) is 0 Å². The summed E-state index contributed by atoms with van der Waals surface area (Å²) in [6.07, 6.45) is 8.02. The van der Waals surface area contributed by atoms with Gasteiger partial charge in [0.25, 0.3) is 0 Å². The molecule has 1 fully saturated rings. The topological polar surface area (TPSA) is 75.3 Å². The zero-order chi connectivity index (χ0) is 17.9. The first kappa shape index (κ1) is 18.5. The molecule has 0 bridgehead atoms. The molecule has 0 aromatic heterocycles. The van der Waals surface area contributed by atoms with Crippen LogP contribution in [0.1, 0.15) is 43.2 Å². The Hall–Kier alpha value is -1.33. The van der Waals surface area contributed by atoms with Gasteiger partial charge in [0.15, 0.2) is 0 Å². The van der Waals surface area contributed by atoms with Crippen LogP contribution in [0, 0.1) is 11.8 Å². The number of aliphatic carboxylic acids is 1. The number of nitrogens with two attached hydrogens (primary N) is 1. The molecular weight excluding hydrogens is 311 g/mol. The molecule has 2 aliphatic rings. The van der Waals surface area contributed by atoms with Crippen molar-refractivity contribution in [1.82, 2.24) is 5.32 Å². The lowest BCUT2D eigenvalue weighted by atomic mass is 9.83. The Morgan fingerprint density at radius 3 is 2.84 bits per heavy atom. The summed E-state index contributed by atoms with van der Waals surface area (Å²) >= 11 is 0. The molecule has 0 amide bonds. The van der Waals surface area contributed by atoms with E-state index >= 15 is 0 Å². The SMILES string of the molecule is BCCC[C@H]1C[C@H](CNC2CCc3ccccc3C2)C[C@@]1(N)C(=O)O. The van der Waals surface area contributed by atoms with Crippen LogP contribution in [-0.4, -0.2) is 37.0 Å². The van der Waals surface area contributed by atoms with E-state index in [0.29, 0.717) is 18.4 Å². The summed E-state index contributed by atoms with van der Waals surface area (Å²) < 4.78 is 0. The molecule has 4 atom stereocenters. The van der Waals surface area contributed by atoms with Crippen LogP contribution < -0.4 is 11.1 Å². The van der Waals surface area contributed by atoms with Crippen LogP contribution in [0.2, 0.25) is 6.32 Å². The van der Waals surface area contributed by atoms with E-state index in [4.69, 9.17) is 5.73 Å². The third-order valence-electron chi connectivity index (χ3n) is 6.32. The average molecular weight is 342 g/mol. The number of benzene rings is 1. The number of nitrogens with one attached hydrogen (secondary N) is 1. The largest absolute Gasteiger partial charge is 0.480 e. The van der Waals surface area contributed by atoms with Crippen molar-refractivity contribution in [3.05, 3.63) is 35.4 Å². The van der Waals surface area contributed by atoms with Crippen molar-refractivity contribution in [3.8, 4) is 0 Å². The molecule has 1 aromatic rings. The molecule has 0 aliphatic heterocycles. The van der Waals surface area contributed by atoms with Crippen LogP contribution in [0.25, 0.3) is 0 Å². The minimum atomic E-state index is -1.03. The summed E-state index contributed by atoms with van der Waals surface area (Å²) in [5.41, 5.74) is 8.23. The van der Waals surface area contributed by atoms with E-state index in [2.05, 4.69) is 37.4 Å². The number of aryl methyl sites for hydroxylation is 1. The summed E-state index contributed by atoms with van der Waals surface area (Å²) in [7, 11) is 2.15. The Balaban J connectivity index is 1.54. The molecule has 2 aliphatic carbocycles. The second-order valence-electron chi connectivity index (χ2n) is 8.11. The second kappa shape index (κ2) is 7.92. The highest BCUT2D eigenvalue weighted by atomic mass is 16.4. The monoisotopic (exact) mass is 342 g/mol. The van der Waals surface area contributed by atoms with Gasteiger partial charge in [0.1, 0.15) is 13.4 Å². The smallest absolute Gasteiger partial charge is 0.323 e. The zero-order valence-electron chi connectivity index (χ0n) is 15.3. The molecule has 3 rings (SSSR count). The first-order valence-corrected chi connectivity index (χ1v) is 9.85. The van der Waals surface area contributed by atoms with Gasteiger partial charge in [0, 0.05) is 6.04 Å². The molecule has 0 heterocycles. The van der Waals surface area contributed by atoms with E-state index in [1.165, 1.54) is 11.1 Å². The van der Waals surface area contributed by atoms with Crippen molar-refractivity contribution in [2.75, 3.05) is 6.54 Å². The van der Waals surface area contributed by atoms with Crippen molar-refractivity contribution in [3.63, 3.8) is 0 Å². The molecule has 5 heteroatoms. The highest BCUT2D eigenvalue weighted by Crippen LogP contribution is 2.41. The van der Waals surface area contributed by atoms with Crippen molar-refractivity contribution in [2.45, 2.75) is 62.8 Å². The summed E-state index contributed by atoms with van der Waals surface area (Å²) in [4.78, 5) is 11.7. The van der Waals surface area contributed by atoms with Gasteiger partial charge in [0.2, 0.25) is 0 Å². The number of carboxylic acids is 1. The maximum absolute atomic E-state index is 11.7. The molecule has 1 saturated carbocycles. The lowest BCUT2D eigenvalue weighted by molar-refractivity contribution is -0.145. The standard InChI is InChI=1S/C20H31BN2O2/c21-9-3-6-17-10-14(12-20(17,22)19(24)25)13-23-18-8-7-15-4-1-2-5-16(15)11-18/h1-2,4-5,14,17-18,23H,3,6-13,21-22H2,(H,24,25)/t14-,17-,18?,20-/m0/s1. The van der Waals surface area contributed by atoms with Gasteiger partial charge in [-0.05, 0) is 68.0 Å². The summed E-state index contributed by atoms with van der Waals surface area (Å²) in [6, 6.07) is 9.20. The molecule has 1 unspecified atom stereocenters. The van der Waals surface area contributed by atoms with Gasteiger partial charge in [-0.15, -0.1) is 0 Å². The molecule has 4 N–H and O–H groups in total. The first-order chi connectivity index (χ1) is 12.0. The summed E-state index contributed by atoms with van der Waals surface area (Å²) in [5, 5.41) is 13.4. The van der Waals surface area contributed by atoms with Crippen LogP contribution in [0.4, 0.5) is 0 Å². The number of rotatable bonds is 7. The maximum Gasteiger partial charge on any atom is 0.323 e. The fourth-order valence-electron chi connectivity index (χ4n) is 4.79. The predicted molar refractivity (Wildman–Crippen MR) is 104 cm³/mol. The van der Waals surface area contributed by atoms with E-state index < -0.39 is 11.5 Å². The molecule has 0 saturated heterocycles. The Morgan fingerprint density at radius 2 is 2.12 bits per heavy atom. The Labute approximate surface area is 152 Å². The molecule has 4 nitrogen and oxygen atoms in total. The molecule has 136 valence electrons. The number of fused-ring (bicyclic) bond motifs is 1. The molecular formula is C20H31BN2O2. The van der Waals surface area contributed by atoms with Gasteiger partial charge < -0.3 is 16.2 Å². The lowest BCUT2D eigenvalue weighted by Crippen LogP contribution is -2.51. The summed E-state index contributed by atoms with van der Waals surface area (Å²) in [6.45, 7) is 0.891. The van der Waals surface area contributed by atoms with Gasteiger partial charge in [-0.1, -0.05) is 37.0 Å². The molecule has 25 heavy (non-hydrogen) atoms. The van der Waals surface area contributed by atoms with E-state index in [0.717, 1.165) is 51.4 Å². The van der Waals surface area contributed by atoms with Crippen LogP contribution in [0.15, 0.2) is 24.3 Å². The maximum atomic E-state index is 11.7. The number of carboxylic acid groups (broad SMARTS) is 1. The van der Waals surface area contributed by atoms with E-state index in [9.17, 15) is 9.90 Å². The average Bonchev–Trinajstić information content (AvgIpc) is 2.95. The van der Waals surface area contributed by atoms with Crippen molar-refractivity contribution < 1.29 is 9.90 Å². The van der Waals surface area contributed by atoms with Crippen molar-refractivity contribution in [2.24, 2.45) is 17.6 Å². The predicted octanol–water partition coefficient (Wildman–Crippen LogP) is 1.77. The third-order valence-corrected chi connectivity index (χ3v) is 6.32. The highest BCUT2D eigenvalue weighted by Gasteiger charge is 2.49. The minimum absolute atomic E-state index is 0.115. The molecule has 0 spiro atoms. The normalized spacial score (nSPS) is 31.6. The zero-order valence-corrected chi connectivity index (χ0v) is 15.3. The fourth-order valence-corrected chi connectivity index (χ4v) is 4.79. The molecule has 1 aromatic carbocycles. The third kappa shape index (κ3) is 4.09. The Morgan fingerprint density at radius 1 is 1.36 bits per heavy atom. The van der Waals surface area contributed by atoms with E-state index in [-0.39, 0.29) is 5.92 Å². The number of carbonyl (C=O) groups is 1. The van der Waals surface area contributed by atoms with Gasteiger partial charge in [0.05, 0.1) is 0 Å². The first-order valence-electron chi connectivity index (χ1n) is 9.85. The minimum Gasteiger partial charge on any atom is -0.480 e. The van der Waals surface area contributed by atoms with Crippen LogP contribution in [0.5, 0.6) is 0 Å². The lowest BCUT2D eigenvalue weighted by Gasteiger charge is -2.27. The van der Waals surface area contributed by atoms with Crippen LogP contribution in [-0.2, 0) is 17.6 Å². The highest BCUT2D eigenvalue weighted by molar-refractivity contribution is 6.08. The quantitative estimate of drug-likeness (QED) is 0.660. The van der Waals surface area contributed by atoms with E-state index in [1.807, 2.05) is 0 Å². The summed E-state index contributed by atoms with van der Waals surface area (Å²) in [5.74, 6) is -0.327. The van der Waals surface area contributed by atoms with Gasteiger partial charge in [-0.2, -0.15) is 0 Å². The van der Waals surface area contributed by atoms with Crippen LogP contribution in [0.3, 0.4) is 0 Å². The van der Waals surface area contributed by atoms with Crippen molar-refractivity contribution >= 4 is 13.8 Å². The van der Waals surface area contributed by atoms with Gasteiger partial charge >= 0.3 is 5.97 Å². The van der Waals surface area contributed by atoms with Gasteiger partial charge in [-0.3, -0.25) is 4.79 Å².